The average molecular weight is 251 g/mol. The fourth-order valence-electron chi connectivity index (χ4n) is 2.11. The summed E-state index contributed by atoms with van der Waals surface area (Å²) in [5, 5.41) is 3.22. The summed E-state index contributed by atoms with van der Waals surface area (Å²) in [6.07, 6.45) is -0.449. The number of hydrogen-bond donors (Lipinski definition) is 1. The number of aryl methyl sites for hydroxylation is 2. The summed E-state index contributed by atoms with van der Waals surface area (Å²) in [6, 6.07) is 15.2. The molecule has 3 rings (SSSR count). The van der Waals surface area contributed by atoms with Crippen molar-refractivity contribution in [2.75, 3.05) is 5.32 Å². The Morgan fingerprint density at radius 1 is 1.21 bits per heavy atom. The van der Waals surface area contributed by atoms with Gasteiger partial charge in [0.25, 0.3) is 0 Å². The molecule has 1 aliphatic rings. The molecule has 0 spiro atoms. The molecule has 0 saturated heterocycles. The summed E-state index contributed by atoms with van der Waals surface area (Å²) in [7, 11) is 0. The molecule has 3 heteroatoms. The van der Waals surface area contributed by atoms with Gasteiger partial charge in [-0.15, -0.1) is 0 Å². The number of carbonyl (C=O) groups excluding carboxylic acids is 1. The molecule has 1 unspecified atom stereocenters. The lowest BCUT2D eigenvalue weighted by Crippen LogP contribution is -2.10. The van der Waals surface area contributed by atoms with Gasteiger partial charge in [-0.25, -0.2) is 4.79 Å². The van der Waals surface area contributed by atoms with Crippen LogP contribution in [0, 0.1) is 26.0 Å². The molecule has 0 aliphatic carbocycles. The van der Waals surface area contributed by atoms with Crippen LogP contribution in [-0.4, -0.2) is 5.97 Å². The maximum Gasteiger partial charge on any atom is 0.349 e. The molecular formula is C16H13NO2. The third-order valence-electron chi connectivity index (χ3n) is 3.35. The van der Waals surface area contributed by atoms with Crippen LogP contribution < -0.4 is 5.32 Å². The Hall–Kier alpha value is -2.47. The fraction of sp³-hybridized carbons (Fsp3) is 0.188. The lowest BCUT2D eigenvalue weighted by molar-refractivity contribution is 0.0437. The van der Waals surface area contributed by atoms with E-state index in [2.05, 4.69) is 31.3 Å². The molecule has 19 heavy (non-hydrogen) atoms. The number of carbonyl (C=O) groups is 1. The molecule has 1 aliphatic heterocycles. The predicted octanol–water partition coefficient (Wildman–Crippen LogP) is 3.18. The van der Waals surface area contributed by atoms with Crippen LogP contribution in [0.25, 0.3) is 0 Å². The first-order valence-corrected chi connectivity index (χ1v) is 6.12. The number of nitrogens with one attached hydrogen (secondary N) is 1. The minimum Gasteiger partial charge on any atom is -0.433 e. The average Bonchev–Trinajstić information content (AvgIpc) is 2.72. The number of esters is 1. The van der Waals surface area contributed by atoms with Crippen molar-refractivity contribution in [1.29, 1.82) is 0 Å². The molecule has 2 aromatic carbocycles. The molecule has 94 valence electrons. The van der Waals surface area contributed by atoms with Crippen LogP contribution in [0.2, 0.25) is 0 Å². The Morgan fingerprint density at radius 3 is 2.84 bits per heavy atom. The SMILES string of the molecule is Cc1ccc(NC2OC(=O)c3c#cccc32)cc1C. The number of rotatable bonds is 2. The maximum absolute atomic E-state index is 11.7. The number of benzene rings is 1. The molecular weight excluding hydrogens is 238 g/mol. The standard InChI is InChI=1S/C16H13NO2/c1-10-7-8-12(9-11(10)2)17-15-13-5-3-4-6-14(13)16(18)19-15/h3,5,7-9,15,17H,1-2H3. The maximum atomic E-state index is 11.7. The van der Waals surface area contributed by atoms with Crippen molar-refractivity contribution in [2.45, 2.75) is 20.1 Å². The molecule has 1 heterocycles. The van der Waals surface area contributed by atoms with Gasteiger partial charge in [0.1, 0.15) is 5.56 Å². The zero-order valence-corrected chi connectivity index (χ0v) is 10.8. The lowest BCUT2D eigenvalue weighted by Gasteiger charge is -2.15. The van der Waals surface area contributed by atoms with E-state index in [1.54, 1.807) is 6.07 Å². The van der Waals surface area contributed by atoms with E-state index in [0.717, 1.165) is 11.3 Å². The van der Waals surface area contributed by atoms with E-state index in [1.165, 1.54) is 11.1 Å². The Bertz CT molecular complexity index is 649. The van der Waals surface area contributed by atoms with Crippen molar-refractivity contribution < 1.29 is 9.53 Å². The highest BCUT2D eigenvalue weighted by atomic mass is 16.6. The topological polar surface area (TPSA) is 38.3 Å². The van der Waals surface area contributed by atoms with E-state index in [9.17, 15) is 4.79 Å². The van der Waals surface area contributed by atoms with Crippen molar-refractivity contribution in [1.82, 2.24) is 0 Å². The van der Waals surface area contributed by atoms with Crippen LogP contribution in [0.5, 0.6) is 0 Å². The van der Waals surface area contributed by atoms with E-state index in [-0.39, 0.29) is 5.97 Å². The molecule has 0 aromatic heterocycles. The van der Waals surface area contributed by atoms with Gasteiger partial charge in [-0.2, -0.15) is 0 Å². The van der Waals surface area contributed by atoms with Crippen molar-refractivity contribution in [3.05, 3.63) is 64.7 Å². The van der Waals surface area contributed by atoms with Crippen LogP contribution in [0.3, 0.4) is 0 Å². The number of hydrogen-bond acceptors (Lipinski definition) is 3. The van der Waals surface area contributed by atoms with Crippen molar-refractivity contribution >= 4 is 11.7 Å². The van der Waals surface area contributed by atoms with Gasteiger partial charge in [0.15, 0.2) is 0 Å². The fourth-order valence-corrected chi connectivity index (χ4v) is 2.11. The minimum absolute atomic E-state index is 0.354. The number of cyclic esters (lactones) is 1. The van der Waals surface area contributed by atoms with Crippen LogP contribution in [0.1, 0.15) is 33.3 Å². The third kappa shape index (κ3) is 2.02. The predicted molar refractivity (Wildman–Crippen MR) is 71.8 cm³/mol. The van der Waals surface area contributed by atoms with Gasteiger partial charge in [0.05, 0.1) is 0 Å². The molecule has 1 N–H and O–H groups in total. The zero-order chi connectivity index (χ0) is 13.4. The van der Waals surface area contributed by atoms with Gasteiger partial charge in [-0.3, -0.25) is 0 Å². The van der Waals surface area contributed by atoms with Gasteiger partial charge in [0.2, 0.25) is 6.23 Å². The van der Waals surface area contributed by atoms with Crippen molar-refractivity contribution in [2.24, 2.45) is 0 Å². The van der Waals surface area contributed by atoms with Crippen molar-refractivity contribution in [3.63, 3.8) is 0 Å². The molecule has 0 radical (unpaired) electrons. The monoisotopic (exact) mass is 251 g/mol. The first-order valence-electron chi connectivity index (χ1n) is 6.12. The van der Waals surface area contributed by atoms with Gasteiger partial charge in [-0.1, -0.05) is 18.2 Å². The molecule has 0 saturated carbocycles. The highest BCUT2D eigenvalue weighted by molar-refractivity contribution is 5.93. The first-order chi connectivity index (χ1) is 9.15. The largest absolute Gasteiger partial charge is 0.433 e. The smallest absolute Gasteiger partial charge is 0.349 e. The number of anilines is 1. The molecule has 0 bridgehead atoms. The second kappa shape index (κ2) is 4.33. The summed E-state index contributed by atoms with van der Waals surface area (Å²) in [5.41, 5.74) is 4.63. The van der Waals surface area contributed by atoms with E-state index >= 15 is 0 Å². The number of ether oxygens (including phenoxy) is 1. The third-order valence-corrected chi connectivity index (χ3v) is 3.35. The summed E-state index contributed by atoms with van der Waals surface area (Å²) in [6.45, 7) is 4.12. The second-order valence-electron chi connectivity index (χ2n) is 4.66. The van der Waals surface area contributed by atoms with Gasteiger partial charge >= 0.3 is 5.97 Å². The van der Waals surface area contributed by atoms with E-state index in [4.69, 9.17) is 4.74 Å². The Morgan fingerprint density at radius 2 is 2.05 bits per heavy atom. The summed E-state index contributed by atoms with van der Waals surface area (Å²) in [4.78, 5) is 11.7. The summed E-state index contributed by atoms with van der Waals surface area (Å²) >= 11 is 0. The van der Waals surface area contributed by atoms with Gasteiger partial charge < -0.3 is 10.1 Å². The van der Waals surface area contributed by atoms with Crippen LogP contribution in [-0.2, 0) is 4.74 Å². The first kappa shape index (κ1) is 11.6. The second-order valence-corrected chi connectivity index (χ2v) is 4.66. The van der Waals surface area contributed by atoms with Crippen molar-refractivity contribution in [3.8, 4) is 0 Å². The quantitative estimate of drug-likeness (QED) is 0.833. The van der Waals surface area contributed by atoms with Crippen LogP contribution in [0.15, 0.2) is 30.3 Å². The molecule has 0 amide bonds. The minimum atomic E-state index is -0.449. The lowest BCUT2D eigenvalue weighted by atomic mass is 10.1. The Balaban J connectivity index is 1.89. The normalized spacial score (nSPS) is 16.5. The summed E-state index contributed by atoms with van der Waals surface area (Å²) < 4.78 is 5.30. The van der Waals surface area contributed by atoms with Gasteiger partial charge in [-0.05, 0) is 49.2 Å². The van der Waals surface area contributed by atoms with E-state index in [0.29, 0.717) is 5.56 Å². The number of fused-ring (bicyclic) bond motifs is 1. The zero-order valence-electron chi connectivity index (χ0n) is 10.8. The molecule has 3 nitrogen and oxygen atoms in total. The van der Waals surface area contributed by atoms with E-state index < -0.39 is 6.23 Å². The van der Waals surface area contributed by atoms with Gasteiger partial charge in [0, 0.05) is 11.3 Å². The highest BCUT2D eigenvalue weighted by Crippen LogP contribution is 2.30. The highest BCUT2D eigenvalue weighted by Gasteiger charge is 2.30. The van der Waals surface area contributed by atoms with E-state index in [1.807, 2.05) is 24.3 Å². The summed E-state index contributed by atoms with van der Waals surface area (Å²) in [5.74, 6) is -0.354. The Kier molecular flexibility index (Phi) is 2.64. The Labute approximate surface area is 112 Å². The molecule has 1 atom stereocenters. The van der Waals surface area contributed by atoms with Crippen LogP contribution in [0.4, 0.5) is 5.69 Å². The van der Waals surface area contributed by atoms with Crippen LogP contribution >= 0.6 is 0 Å². The molecule has 2 aromatic rings. The molecule has 0 fully saturated rings.